The van der Waals surface area contributed by atoms with Crippen LogP contribution in [0.1, 0.15) is 24.0 Å². The number of hydrogen-bond acceptors (Lipinski definition) is 5. The summed E-state index contributed by atoms with van der Waals surface area (Å²) in [6.45, 7) is 3.02. The molecule has 160 valence electrons. The van der Waals surface area contributed by atoms with E-state index in [2.05, 4.69) is 32.4 Å². The molecule has 0 unspecified atom stereocenters. The molecule has 2 aliphatic rings. The Morgan fingerprint density at radius 2 is 1.94 bits per heavy atom. The van der Waals surface area contributed by atoms with Crippen LogP contribution in [0, 0.1) is 11.8 Å². The molecule has 3 heterocycles. The predicted octanol–water partition coefficient (Wildman–Crippen LogP) is 4.48. The summed E-state index contributed by atoms with van der Waals surface area (Å²) in [7, 11) is 0. The highest BCUT2D eigenvalue weighted by Crippen LogP contribution is 2.33. The summed E-state index contributed by atoms with van der Waals surface area (Å²) in [6.07, 6.45) is 4.44. The normalized spacial score (nSPS) is 15.1. The van der Waals surface area contributed by atoms with Crippen LogP contribution in [-0.4, -0.2) is 40.4 Å². The van der Waals surface area contributed by atoms with E-state index in [0.29, 0.717) is 11.0 Å². The number of nitrogens with zero attached hydrogens (tertiary/aromatic N) is 3. The summed E-state index contributed by atoms with van der Waals surface area (Å²) in [5.74, 6) is 6.86. The molecule has 0 saturated carbocycles. The molecule has 0 radical (unpaired) electrons. The first kappa shape index (κ1) is 20.5. The molecule has 7 heteroatoms. The summed E-state index contributed by atoms with van der Waals surface area (Å²) < 4.78 is 0. The number of fused-ring (bicyclic) bond motifs is 3. The van der Waals surface area contributed by atoms with Crippen LogP contribution in [0.4, 0.5) is 17.3 Å². The second-order valence-electron chi connectivity index (χ2n) is 7.97. The zero-order valence-corrected chi connectivity index (χ0v) is 18.2. The fraction of sp³-hybridized carbons (Fsp3) is 0.240. The molecule has 1 fully saturated rings. The van der Waals surface area contributed by atoms with Crippen LogP contribution >= 0.6 is 11.6 Å². The number of likely N-dealkylation sites (tertiary alicyclic amines) is 1. The Balaban J connectivity index is 1.44. The van der Waals surface area contributed by atoms with Crippen molar-refractivity contribution < 1.29 is 4.79 Å². The first-order valence-electron chi connectivity index (χ1n) is 10.7. The summed E-state index contributed by atoms with van der Waals surface area (Å²) in [5, 5.41) is 6.86. The second kappa shape index (κ2) is 8.99. The molecule has 1 aromatic heterocycles. The van der Waals surface area contributed by atoms with Gasteiger partial charge in [0.25, 0.3) is 0 Å². The first-order chi connectivity index (χ1) is 15.6. The molecule has 6 nitrogen and oxygen atoms in total. The second-order valence-corrected chi connectivity index (χ2v) is 8.41. The van der Waals surface area contributed by atoms with Crippen LogP contribution in [-0.2, 0) is 11.2 Å². The van der Waals surface area contributed by atoms with Gasteiger partial charge >= 0.3 is 0 Å². The monoisotopic (exact) mass is 443 g/mol. The van der Waals surface area contributed by atoms with Crippen molar-refractivity contribution in [3.05, 3.63) is 64.8 Å². The van der Waals surface area contributed by atoms with Gasteiger partial charge in [0, 0.05) is 33.6 Å². The van der Waals surface area contributed by atoms with E-state index in [1.165, 1.54) is 12.8 Å². The van der Waals surface area contributed by atoms with Crippen LogP contribution in [0.2, 0.25) is 5.02 Å². The molecule has 0 spiro atoms. The number of halogens is 1. The van der Waals surface area contributed by atoms with Crippen LogP contribution in [0.25, 0.3) is 11.3 Å². The summed E-state index contributed by atoms with van der Waals surface area (Å²) in [4.78, 5) is 24.0. The van der Waals surface area contributed by atoms with Crippen molar-refractivity contribution in [2.45, 2.75) is 19.3 Å². The van der Waals surface area contributed by atoms with Gasteiger partial charge in [0.1, 0.15) is 0 Å². The maximum absolute atomic E-state index is 12.5. The lowest BCUT2D eigenvalue weighted by Crippen LogP contribution is -2.18. The zero-order valence-electron chi connectivity index (χ0n) is 17.5. The average Bonchev–Trinajstić information content (AvgIpc) is 3.25. The van der Waals surface area contributed by atoms with Crippen LogP contribution < -0.4 is 10.6 Å². The lowest BCUT2D eigenvalue weighted by atomic mass is 10.0. The standard InChI is InChI=1S/C25H22ClN5O/c26-19-6-8-20(9-7-19)28-25-27-16-18-15-23(32)29-22-14-17(5-10-21(22)24(18)30-25)4-3-13-31-11-1-2-12-31/h5-10,14,16H,1-2,11-13,15H2,(H,29,32)(H,27,28,30). The number of aromatic nitrogens is 2. The largest absolute Gasteiger partial charge is 0.325 e. The molecular weight excluding hydrogens is 422 g/mol. The van der Waals surface area contributed by atoms with Gasteiger partial charge in [-0.15, -0.1) is 0 Å². The minimum Gasteiger partial charge on any atom is -0.325 e. The van der Waals surface area contributed by atoms with E-state index in [-0.39, 0.29) is 12.3 Å². The van der Waals surface area contributed by atoms with Gasteiger partial charge in [-0.1, -0.05) is 23.4 Å². The Morgan fingerprint density at radius 3 is 2.75 bits per heavy atom. The number of amides is 1. The summed E-state index contributed by atoms with van der Waals surface area (Å²) >= 11 is 5.97. The first-order valence-corrected chi connectivity index (χ1v) is 11.1. The van der Waals surface area contributed by atoms with E-state index in [1.54, 1.807) is 18.3 Å². The number of anilines is 3. The average molecular weight is 444 g/mol. The highest BCUT2D eigenvalue weighted by molar-refractivity contribution is 6.30. The minimum absolute atomic E-state index is 0.0887. The summed E-state index contributed by atoms with van der Waals surface area (Å²) in [5.41, 5.74) is 4.81. The molecule has 5 rings (SSSR count). The molecule has 1 saturated heterocycles. The maximum Gasteiger partial charge on any atom is 0.228 e. The molecule has 0 aliphatic carbocycles. The van der Waals surface area contributed by atoms with Gasteiger partial charge in [0.15, 0.2) is 0 Å². The van der Waals surface area contributed by atoms with Gasteiger partial charge in [-0.25, -0.2) is 9.97 Å². The number of nitrogens with one attached hydrogen (secondary N) is 2. The van der Waals surface area contributed by atoms with E-state index in [9.17, 15) is 4.79 Å². The Bertz CT molecular complexity index is 1220. The minimum atomic E-state index is -0.0887. The fourth-order valence-electron chi connectivity index (χ4n) is 3.99. The third-order valence-corrected chi connectivity index (χ3v) is 5.85. The van der Waals surface area contributed by atoms with Crippen molar-refractivity contribution in [3.63, 3.8) is 0 Å². The zero-order chi connectivity index (χ0) is 21.9. The number of benzene rings is 2. The van der Waals surface area contributed by atoms with Gasteiger partial charge < -0.3 is 10.6 Å². The molecule has 0 atom stereocenters. The highest BCUT2D eigenvalue weighted by atomic mass is 35.5. The number of carbonyl (C=O) groups excluding carboxylic acids is 1. The molecule has 2 N–H and O–H groups in total. The van der Waals surface area contributed by atoms with Crippen LogP contribution in [0.15, 0.2) is 48.7 Å². The SMILES string of the molecule is O=C1Cc2cnc(Nc3ccc(Cl)cc3)nc2-c2ccc(C#CCN3CCCC3)cc2N1. The molecule has 2 aromatic carbocycles. The van der Waals surface area contributed by atoms with Gasteiger partial charge in [-0.05, 0) is 68.4 Å². The topological polar surface area (TPSA) is 70.2 Å². The van der Waals surface area contributed by atoms with Crippen LogP contribution in [0.5, 0.6) is 0 Å². The van der Waals surface area contributed by atoms with Crippen molar-refractivity contribution >= 4 is 34.8 Å². The number of carbonyl (C=O) groups is 1. The Hall–Kier alpha value is -3.40. The third kappa shape index (κ3) is 4.59. The predicted molar refractivity (Wildman–Crippen MR) is 127 cm³/mol. The Morgan fingerprint density at radius 1 is 1.12 bits per heavy atom. The number of hydrogen-bond donors (Lipinski definition) is 2. The van der Waals surface area contributed by atoms with Crippen molar-refractivity contribution in [2.75, 3.05) is 30.3 Å². The highest BCUT2D eigenvalue weighted by Gasteiger charge is 2.21. The van der Waals surface area contributed by atoms with Gasteiger partial charge in [-0.3, -0.25) is 9.69 Å². The molecule has 3 aromatic rings. The molecule has 1 amide bonds. The third-order valence-electron chi connectivity index (χ3n) is 5.60. The van der Waals surface area contributed by atoms with E-state index in [4.69, 9.17) is 16.6 Å². The van der Waals surface area contributed by atoms with E-state index < -0.39 is 0 Å². The fourth-order valence-corrected chi connectivity index (χ4v) is 4.11. The Labute approximate surface area is 192 Å². The summed E-state index contributed by atoms with van der Waals surface area (Å²) in [6, 6.07) is 13.2. The van der Waals surface area contributed by atoms with Gasteiger partial charge in [-0.2, -0.15) is 0 Å². The van der Waals surface area contributed by atoms with Crippen molar-refractivity contribution in [2.24, 2.45) is 0 Å². The van der Waals surface area contributed by atoms with E-state index >= 15 is 0 Å². The lowest BCUT2D eigenvalue weighted by Gasteiger charge is -2.11. The number of rotatable bonds is 3. The van der Waals surface area contributed by atoms with Gasteiger partial charge in [0.05, 0.1) is 24.3 Å². The van der Waals surface area contributed by atoms with E-state index in [0.717, 1.165) is 53.4 Å². The lowest BCUT2D eigenvalue weighted by molar-refractivity contribution is -0.115. The quantitative estimate of drug-likeness (QED) is 0.584. The smallest absolute Gasteiger partial charge is 0.228 e. The van der Waals surface area contributed by atoms with Crippen LogP contribution in [0.3, 0.4) is 0 Å². The maximum atomic E-state index is 12.5. The van der Waals surface area contributed by atoms with E-state index in [1.807, 2.05) is 30.3 Å². The molecular formula is C25H22ClN5O. The molecule has 32 heavy (non-hydrogen) atoms. The molecule has 2 aliphatic heterocycles. The van der Waals surface area contributed by atoms with Crippen molar-refractivity contribution in [1.82, 2.24) is 14.9 Å². The molecule has 0 bridgehead atoms. The van der Waals surface area contributed by atoms with Crippen molar-refractivity contribution in [1.29, 1.82) is 0 Å². The Kier molecular flexibility index (Phi) is 5.76. The van der Waals surface area contributed by atoms with Gasteiger partial charge in [0.2, 0.25) is 11.9 Å². The van der Waals surface area contributed by atoms with Crippen molar-refractivity contribution in [3.8, 4) is 23.1 Å².